The topological polar surface area (TPSA) is 53.0 Å². The van der Waals surface area contributed by atoms with Crippen molar-refractivity contribution in [2.24, 2.45) is 11.7 Å². The quantitative estimate of drug-likeness (QED) is 0.884. The van der Waals surface area contributed by atoms with Crippen LogP contribution in [0.1, 0.15) is 30.0 Å². The van der Waals surface area contributed by atoms with Crippen molar-refractivity contribution >= 4 is 0 Å². The van der Waals surface area contributed by atoms with Crippen molar-refractivity contribution in [3.63, 3.8) is 0 Å². The van der Waals surface area contributed by atoms with Gasteiger partial charge < -0.3 is 5.73 Å². The largest absolute Gasteiger partial charge is 0.330 e. The van der Waals surface area contributed by atoms with Gasteiger partial charge in [0.25, 0.3) is 0 Å². The van der Waals surface area contributed by atoms with E-state index in [1.807, 2.05) is 12.1 Å². The van der Waals surface area contributed by atoms with Gasteiger partial charge >= 0.3 is 0 Å². The van der Waals surface area contributed by atoms with Crippen LogP contribution in [0.5, 0.6) is 0 Å². The molecule has 0 radical (unpaired) electrons. The molecule has 0 aliphatic carbocycles. The average molecular weight is 243 g/mol. The Morgan fingerprint density at radius 3 is 2.83 bits per heavy atom. The molecule has 2 atom stereocenters. The van der Waals surface area contributed by atoms with E-state index in [0.29, 0.717) is 12.0 Å². The third kappa shape index (κ3) is 2.72. The minimum Gasteiger partial charge on any atom is -0.330 e. The first kappa shape index (κ1) is 13.1. The molecule has 1 aromatic carbocycles. The van der Waals surface area contributed by atoms with Crippen LogP contribution in [0.2, 0.25) is 0 Å². The van der Waals surface area contributed by atoms with Gasteiger partial charge in [-0.25, -0.2) is 0 Å². The zero-order valence-corrected chi connectivity index (χ0v) is 11.2. The van der Waals surface area contributed by atoms with E-state index in [9.17, 15) is 0 Å². The zero-order chi connectivity index (χ0) is 13.1. The zero-order valence-electron chi connectivity index (χ0n) is 11.2. The lowest BCUT2D eigenvalue weighted by molar-refractivity contribution is 0.255. The Hall–Kier alpha value is -1.37. The molecule has 2 rings (SSSR count). The number of nitrogens with zero attached hydrogens (tertiary/aromatic N) is 2. The molecule has 0 amide bonds. The van der Waals surface area contributed by atoms with Crippen LogP contribution in [0.25, 0.3) is 0 Å². The Labute approximate surface area is 109 Å². The summed E-state index contributed by atoms with van der Waals surface area (Å²) in [6.45, 7) is 7.20. The molecule has 0 spiro atoms. The van der Waals surface area contributed by atoms with Crippen molar-refractivity contribution in [2.45, 2.75) is 32.9 Å². The number of likely N-dealkylation sites (tertiary alicyclic amines) is 1. The van der Waals surface area contributed by atoms with Crippen LogP contribution in [-0.4, -0.2) is 24.0 Å². The highest BCUT2D eigenvalue weighted by Crippen LogP contribution is 2.25. The van der Waals surface area contributed by atoms with Crippen molar-refractivity contribution in [2.75, 3.05) is 13.1 Å². The van der Waals surface area contributed by atoms with Crippen LogP contribution in [0.15, 0.2) is 18.2 Å². The van der Waals surface area contributed by atoms with Gasteiger partial charge in [0.1, 0.15) is 0 Å². The maximum Gasteiger partial charge on any atom is 0.0991 e. The molecule has 3 nitrogen and oxygen atoms in total. The first-order chi connectivity index (χ1) is 8.63. The minimum atomic E-state index is 0.605. The molecule has 18 heavy (non-hydrogen) atoms. The number of aryl methyl sites for hydroxylation is 1. The van der Waals surface area contributed by atoms with Gasteiger partial charge in [0.15, 0.2) is 0 Å². The van der Waals surface area contributed by atoms with Gasteiger partial charge in [0.05, 0.1) is 11.6 Å². The monoisotopic (exact) mass is 243 g/mol. The summed E-state index contributed by atoms with van der Waals surface area (Å²) < 4.78 is 0. The number of nitriles is 1. The molecule has 1 saturated heterocycles. The minimum absolute atomic E-state index is 0.605. The summed E-state index contributed by atoms with van der Waals surface area (Å²) in [6, 6.07) is 8.74. The Morgan fingerprint density at radius 2 is 2.28 bits per heavy atom. The molecule has 0 bridgehead atoms. The van der Waals surface area contributed by atoms with E-state index >= 15 is 0 Å². The van der Waals surface area contributed by atoms with Crippen molar-refractivity contribution in [3.8, 4) is 6.07 Å². The first-order valence-electron chi connectivity index (χ1n) is 6.57. The van der Waals surface area contributed by atoms with E-state index < -0.39 is 0 Å². The standard InChI is InChI=1S/C15H21N3/c1-11-5-13(7-16)3-4-15(11)10-18-9-14(8-17)6-12(18)2/h3-5,12,14H,6,8-10,17H2,1-2H3. The first-order valence-corrected chi connectivity index (χ1v) is 6.57. The second kappa shape index (κ2) is 5.51. The molecule has 1 heterocycles. The van der Waals surface area contributed by atoms with Gasteiger partial charge in [-0.05, 0) is 56.0 Å². The van der Waals surface area contributed by atoms with Crippen molar-refractivity contribution < 1.29 is 0 Å². The summed E-state index contributed by atoms with van der Waals surface area (Å²) in [6.07, 6.45) is 1.20. The van der Waals surface area contributed by atoms with E-state index in [2.05, 4.69) is 30.9 Å². The molecule has 0 aromatic heterocycles. The number of benzene rings is 1. The van der Waals surface area contributed by atoms with Gasteiger partial charge in [-0.3, -0.25) is 4.90 Å². The second-order valence-corrected chi connectivity index (χ2v) is 5.37. The predicted molar refractivity (Wildman–Crippen MR) is 72.9 cm³/mol. The van der Waals surface area contributed by atoms with Crippen molar-refractivity contribution in [3.05, 3.63) is 34.9 Å². The normalized spacial score (nSPS) is 24.1. The summed E-state index contributed by atoms with van der Waals surface area (Å²) in [7, 11) is 0. The van der Waals surface area contributed by atoms with Crippen LogP contribution in [0.3, 0.4) is 0 Å². The highest BCUT2D eigenvalue weighted by Gasteiger charge is 2.28. The van der Waals surface area contributed by atoms with Gasteiger partial charge in [0, 0.05) is 19.1 Å². The second-order valence-electron chi connectivity index (χ2n) is 5.37. The molecule has 1 aliphatic rings. The van der Waals surface area contributed by atoms with Crippen LogP contribution in [0, 0.1) is 24.2 Å². The maximum atomic E-state index is 8.87. The molecule has 1 fully saturated rings. The molecule has 0 saturated carbocycles. The SMILES string of the molecule is Cc1cc(C#N)ccc1CN1CC(CN)CC1C. The lowest BCUT2D eigenvalue weighted by Crippen LogP contribution is -2.27. The fraction of sp³-hybridized carbons (Fsp3) is 0.533. The van der Waals surface area contributed by atoms with Crippen LogP contribution >= 0.6 is 0 Å². The van der Waals surface area contributed by atoms with E-state index in [-0.39, 0.29) is 0 Å². The van der Waals surface area contributed by atoms with E-state index in [1.54, 1.807) is 0 Å². The molecule has 3 heteroatoms. The predicted octanol–water partition coefficient (Wildman–Crippen LogP) is 2.04. The molecule has 1 aliphatic heterocycles. The summed E-state index contributed by atoms with van der Waals surface area (Å²) in [5.41, 5.74) is 9.02. The lowest BCUT2D eigenvalue weighted by atomic mass is 10.0. The van der Waals surface area contributed by atoms with Gasteiger partial charge in [-0.2, -0.15) is 5.26 Å². The number of nitrogens with two attached hydrogens (primary N) is 1. The lowest BCUT2D eigenvalue weighted by Gasteiger charge is -2.22. The van der Waals surface area contributed by atoms with Crippen LogP contribution in [0.4, 0.5) is 0 Å². The number of hydrogen-bond acceptors (Lipinski definition) is 3. The summed E-state index contributed by atoms with van der Waals surface area (Å²) >= 11 is 0. The molecular weight excluding hydrogens is 222 g/mol. The molecule has 2 unspecified atom stereocenters. The third-order valence-electron chi connectivity index (χ3n) is 3.97. The third-order valence-corrected chi connectivity index (χ3v) is 3.97. The van der Waals surface area contributed by atoms with Gasteiger partial charge in [0.2, 0.25) is 0 Å². The smallest absolute Gasteiger partial charge is 0.0991 e. The Balaban J connectivity index is 2.08. The molecule has 96 valence electrons. The van der Waals surface area contributed by atoms with E-state index in [1.165, 1.54) is 17.5 Å². The summed E-state index contributed by atoms with van der Waals surface area (Å²) in [5, 5.41) is 8.87. The Kier molecular flexibility index (Phi) is 4.00. The van der Waals surface area contributed by atoms with Gasteiger partial charge in [-0.15, -0.1) is 0 Å². The summed E-state index contributed by atoms with van der Waals surface area (Å²) in [4.78, 5) is 2.49. The molecule has 2 N–H and O–H groups in total. The average Bonchev–Trinajstić information content (AvgIpc) is 2.72. The fourth-order valence-corrected chi connectivity index (χ4v) is 2.77. The number of hydrogen-bond donors (Lipinski definition) is 1. The van der Waals surface area contributed by atoms with Crippen LogP contribution in [-0.2, 0) is 6.54 Å². The molecular formula is C15H21N3. The van der Waals surface area contributed by atoms with Crippen molar-refractivity contribution in [1.29, 1.82) is 5.26 Å². The highest BCUT2D eigenvalue weighted by atomic mass is 15.2. The van der Waals surface area contributed by atoms with E-state index in [0.717, 1.165) is 25.2 Å². The summed E-state index contributed by atoms with van der Waals surface area (Å²) in [5.74, 6) is 0.638. The number of rotatable bonds is 3. The fourth-order valence-electron chi connectivity index (χ4n) is 2.77. The maximum absolute atomic E-state index is 8.87. The molecule has 1 aromatic rings. The van der Waals surface area contributed by atoms with Gasteiger partial charge in [-0.1, -0.05) is 6.07 Å². The van der Waals surface area contributed by atoms with Crippen LogP contribution < -0.4 is 5.73 Å². The van der Waals surface area contributed by atoms with E-state index in [4.69, 9.17) is 11.0 Å². The Bertz CT molecular complexity index is 461. The van der Waals surface area contributed by atoms with Crippen molar-refractivity contribution in [1.82, 2.24) is 4.90 Å². The highest BCUT2D eigenvalue weighted by molar-refractivity contribution is 5.37. The Morgan fingerprint density at radius 1 is 1.50 bits per heavy atom.